The van der Waals surface area contributed by atoms with Crippen molar-refractivity contribution in [2.45, 2.75) is 20.5 Å². The van der Waals surface area contributed by atoms with Gasteiger partial charge in [-0.3, -0.25) is 0 Å². The Bertz CT molecular complexity index is 258. The summed E-state index contributed by atoms with van der Waals surface area (Å²) in [6, 6.07) is 5.89. The van der Waals surface area contributed by atoms with Crippen LogP contribution in [0.5, 0.6) is 0 Å². The summed E-state index contributed by atoms with van der Waals surface area (Å²) in [6.07, 6.45) is 0. The predicted molar refractivity (Wildman–Crippen MR) is 50.9 cm³/mol. The summed E-state index contributed by atoms with van der Waals surface area (Å²) in [6.45, 7) is 5.46. The molecular weight excluding hydrogens is 150 g/mol. The lowest BCUT2D eigenvalue weighted by molar-refractivity contribution is 0.133. The predicted octanol–water partition coefficient (Wildman–Crippen LogP) is 2.11. The number of nitrogens with two attached hydrogens (primary N) is 1. The zero-order chi connectivity index (χ0) is 8.97. The molecule has 0 unspecified atom stereocenters. The maximum atomic E-state index is 5.64. The van der Waals surface area contributed by atoms with Crippen molar-refractivity contribution >= 4 is 5.69 Å². The van der Waals surface area contributed by atoms with Crippen LogP contribution < -0.4 is 5.73 Å². The molecule has 0 heterocycles. The van der Waals surface area contributed by atoms with Gasteiger partial charge in [0.15, 0.2) is 0 Å². The molecule has 0 aromatic heterocycles. The largest absolute Gasteiger partial charge is 0.399 e. The molecule has 0 saturated heterocycles. The molecule has 0 fully saturated rings. The van der Waals surface area contributed by atoms with Crippen LogP contribution in [0.25, 0.3) is 0 Å². The van der Waals surface area contributed by atoms with Crippen LogP contribution in [-0.2, 0) is 11.3 Å². The number of rotatable bonds is 3. The molecular formula is C10H15NO. The van der Waals surface area contributed by atoms with Gasteiger partial charge in [0.1, 0.15) is 0 Å². The molecule has 0 amide bonds. The highest BCUT2D eigenvalue weighted by molar-refractivity contribution is 5.44. The average molecular weight is 165 g/mol. The Kier molecular flexibility index (Phi) is 3.11. The fraction of sp³-hybridized carbons (Fsp3) is 0.400. The highest BCUT2D eigenvalue weighted by Crippen LogP contribution is 2.13. The first-order valence-electron chi connectivity index (χ1n) is 4.16. The van der Waals surface area contributed by atoms with Gasteiger partial charge >= 0.3 is 0 Å². The van der Waals surface area contributed by atoms with E-state index >= 15 is 0 Å². The van der Waals surface area contributed by atoms with E-state index < -0.39 is 0 Å². The summed E-state index contributed by atoms with van der Waals surface area (Å²) in [5.41, 5.74) is 8.86. The summed E-state index contributed by atoms with van der Waals surface area (Å²) in [7, 11) is 0. The standard InChI is InChI=1S/C10H15NO/c1-3-12-7-9-6-10(11)5-4-8(9)2/h4-6H,3,7,11H2,1-2H3. The van der Waals surface area contributed by atoms with Gasteiger partial charge in [0.25, 0.3) is 0 Å². The van der Waals surface area contributed by atoms with Crippen molar-refractivity contribution in [2.24, 2.45) is 0 Å². The smallest absolute Gasteiger partial charge is 0.0720 e. The molecule has 1 aromatic carbocycles. The van der Waals surface area contributed by atoms with E-state index in [4.69, 9.17) is 10.5 Å². The number of anilines is 1. The van der Waals surface area contributed by atoms with Crippen molar-refractivity contribution in [3.05, 3.63) is 29.3 Å². The normalized spacial score (nSPS) is 10.2. The molecule has 0 radical (unpaired) electrons. The maximum Gasteiger partial charge on any atom is 0.0720 e. The Morgan fingerprint density at radius 2 is 2.17 bits per heavy atom. The molecule has 1 rings (SSSR count). The Labute approximate surface area is 73.3 Å². The van der Waals surface area contributed by atoms with Crippen molar-refractivity contribution in [1.29, 1.82) is 0 Å². The van der Waals surface area contributed by atoms with Gasteiger partial charge in [-0.05, 0) is 37.1 Å². The number of nitrogen functional groups attached to an aromatic ring is 1. The molecule has 0 atom stereocenters. The van der Waals surface area contributed by atoms with Crippen LogP contribution in [0.3, 0.4) is 0 Å². The summed E-state index contributed by atoms with van der Waals surface area (Å²) >= 11 is 0. The lowest BCUT2D eigenvalue weighted by Gasteiger charge is -2.06. The molecule has 0 bridgehead atoms. The Balaban J connectivity index is 2.75. The Morgan fingerprint density at radius 3 is 2.83 bits per heavy atom. The lowest BCUT2D eigenvalue weighted by atomic mass is 10.1. The van der Waals surface area contributed by atoms with Gasteiger partial charge in [-0.1, -0.05) is 6.07 Å². The van der Waals surface area contributed by atoms with Crippen molar-refractivity contribution in [1.82, 2.24) is 0 Å². The molecule has 0 saturated carbocycles. The third kappa shape index (κ3) is 2.24. The van der Waals surface area contributed by atoms with Gasteiger partial charge in [-0.15, -0.1) is 0 Å². The second-order valence-electron chi connectivity index (χ2n) is 2.82. The van der Waals surface area contributed by atoms with Crippen molar-refractivity contribution < 1.29 is 4.74 Å². The fourth-order valence-electron chi connectivity index (χ4n) is 1.06. The third-order valence-electron chi connectivity index (χ3n) is 1.83. The Morgan fingerprint density at radius 1 is 1.42 bits per heavy atom. The Hall–Kier alpha value is -1.02. The minimum absolute atomic E-state index is 0.660. The first kappa shape index (κ1) is 9.07. The van der Waals surface area contributed by atoms with E-state index in [0.717, 1.165) is 12.3 Å². The molecule has 12 heavy (non-hydrogen) atoms. The van der Waals surface area contributed by atoms with Gasteiger partial charge in [0.2, 0.25) is 0 Å². The summed E-state index contributed by atoms with van der Waals surface area (Å²) in [4.78, 5) is 0. The zero-order valence-electron chi connectivity index (χ0n) is 7.63. The van der Waals surface area contributed by atoms with Crippen LogP contribution in [0.1, 0.15) is 18.1 Å². The molecule has 2 heteroatoms. The van der Waals surface area contributed by atoms with Crippen molar-refractivity contribution in [3.63, 3.8) is 0 Å². The number of hydrogen-bond donors (Lipinski definition) is 1. The average Bonchev–Trinajstić information content (AvgIpc) is 2.07. The minimum atomic E-state index is 0.660. The van der Waals surface area contributed by atoms with E-state index in [1.165, 1.54) is 11.1 Å². The first-order valence-corrected chi connectivity index (χ1v) is 4.16. The highest BCUT2D eigenvalue weighted by Gasteiger charge is 1.97. The number of ether oxygens (including phenoxy) is 1. The summed E-state index contributed by atoms with van der Waals surface area (Å²) < 4.78 is 5.30. The minimum Gasteiger partial charge on any atom is -0.399 e. The quantitative estimate of drug-likeness (QED) is 0.696. The van der Waals surface area contributed by atoms with E-state index in [1.54, 1.807) is 0 Å². The topological polar surface area (TPSA) is 35.2 Å². The molecule has 0 aliphatic carbocycles. The van der Waals surface area contributed by atoms with Gasteiger partial charge in [-0.2, -0.15) is 0 Å². The fourth-order valence-corrected chi connectivity index (χ4v) is 1.06. The van der Waals surface area contributed by atoms with Crippen LogP contribution in [0.4, 0.5) is 5.69 Å². The van der Waals surface area contributed by atoms with Gasteiger partial charge in [0, 0.05) is 12.3 Å². The second kappa shape index (κ2) is 4.12. The molecule has 2 N–H and O–H groups in total. The van der Waals surface area contributed by atoms with Crippen LogP contribution in [-0.4, -0.2) is 6.61 Å². The zero-order valence-corrected chi connectivity index (χ0v) is 7.63. The van der Waals surface area contributed by atoms with Crippen LogP contribution >= 0.6 is 0 Å². The van der Waals surface area contributed by atoms with Crippen LogP contribution in [0.2, 0.25) is 0 Å². The molecule has 1 aromatic rings. The number of hydrogen-bond acceptors (Lipinski definition) is 2. The SMILES string of the molecule is CCOCc1cc(N)ccc1C. The van der Waals surface area contributed by atoms with E-state index in [1.807, 2.05) is 25.1 Å². The van der Waals surface area contributed by atoms with Crippen LogP contribution in [0.15, 0.2) is 18.2 Å². The van der Waals surface area contributed by atoms with Gasteiger partial charge in [0.05, 0.1) is 6.61 Å². The summed E-state index contributed by atoms with van der Waals surface area (Å²) in [5.74, 6) is 0. The van der Waals surface area contributed by atoms with Gasteiger partial charge < -0.3 is 10.5 Å². The van der Waals surface area contributed by atoms with E-state index in [0.29, 0.717) is 6.61 Å². The first-order chi connectivity index (χ1) is 5.74. The molecule has 0 spiro atoms. The third-order valence-corrected chi connectivity index (χ3v) is 1.83. The highest BCUT2D eigenvalue weighted by atomic mass is 16.5. The molecule has 0 aliphatic heterocycles. The summed E-state index contributed by atoms with van der Waals surface area (Å²) in [5, 5.41) is 0. The maximum absolute atomic E-state index is 5.64. The molecule has 66 valence electrons. The number of benzene rings is 1. The number of aryl methyl sites for hydroxylation is 1. The van der Waals surface area contributed by atoms with E-state index in [9.17, 15) is 0 Å². The van der Waals surface area contributed by atoms with Crippen molar-refractivity contribution in [3.8, 4) is 0 Å². The molecule has 2 nitrogen and oxygen atoms in total. The lowest BCUT2D eigenvalue weighted by Crippen LogP contribution is -1.96. The second-order valence-corrected chi connectivity index (χ2v) is 2.82. The van der Waals surface area contributed by atoms with E-state index in [2.05, 4.69) is 6.92 Å². The van der Waals surface area contributed by atoms with Crippen molar-refractivity contribution in [2.75, 3.05) is 12.3 Å². The van der Waals surface area contributed by atoms with E-state index in [-0.39, 0.29) is 0 Å². The molecule has 0 aliphatic rings. The van der Waals surface area contributed by atoms with Gasteiger partial charge in [-0.25, -0.2) is 0 Å². The monoisotopic (exact) mass is 165 g/mol. The van der Waals surface area contributed by atoms with Crippen LogP contribution in [0, 0.1) is 6.92 Å².